The standard InChI is InChI=1S/C30H29ClN2O2/c31-27-13-10-23(11-14-27)22-6-8-24(9-7-22)30(35)33-19-4-5-25-21-26(12-15-28(25)33)29(34)16-20-32-17-2-1-3-18-32/h6-16,20-21H,1-5,17-19H2/b20-16+. The Morgan fingerprint density at radius 3 is 2.11 bits per heavy atom. The van der Waals surface area contributed by atoms with Crippen LogP contribution in [0, 0.1) is 0 Å². The van der Waals surface area contributed by atoms with Gasteiger partial charge in [0.15, 0.2) is 5.78 Å². The first-order valence-electron chi connectivity index (χ1n) is 12.4. The average molecular weight is 485 g/mol. The summed E-state index contributed by atoms with van der Waals surface area (Å²) in [5.74, 6) is -0.00251. The molecule has 0 aliphatic carbocycles. The molecule has 3 aromatic rings. The summed E-state index contributed by atoms with van der Waals surface area (Å²) in [6, 6.07) is 21.1. The average Bonchev–Trinajstić information content (AvgIpc) is 2.92. The van der Waals surface area contributed by atoms with Crippen LogP contribution >= 0.6 is 11.6 Å². The van der Waals surface area contributed by atoms with Gasteiger partial charge in [-0.05, 0) is 91.3 Å². The van der Waals surface area contributed by atoms with Crippen LogP contribution in [0.15, 0.2) is 79.0 Å². The van der Waals surface area contributed by atoms with Gasteiger partial charge in [0.05, 0.1) is 0 Å². The Morgan fingerprint density at radius 1 is 0.743 bits per heavy atom. The van der Waals surface area contributed by atoms with Crippen molar-refractivity contribution in [2.75, 3.05) is 24.5 Å². The summed E-state index contributed by atoms with van der Waals surface area (Å²) < 4.78 is 0. The van der Waals surface area contributed by atoms with Crippen LogP contribution in [-0.2, 0) is 6.42 Å². The second-order valence-corrected chi connectivity index (χ2v) is 9.70. The molecule has 3 aromatic carbocycles. The third-order valence-electron chi connectivity index (χ3n) is 6.86. The maximum atomic E-state index is 13.4. The largest absolute Gasteiger partial charge is 0.377 e. The number of rotatable bonds is 5. The number of benzene rings is 3. The Labute approximate surface area is 211 Å². The smallest absolute Gasteiger partial charge is 0.258 e. The van der Waals surface area contributed by atoms with E-state index in [4.69, 9.17) is 11.6 Å². The lowest BCUT2D eigenvalue weighted by molar-refractivity contribution is 0.0984. The monoisotopic (exact) mass is 484 g/mol. The van der Waals surface area contributed by atoms with Gasteiger partial charge in [-0.25, -0.2) is 0 Å². The second-order valence-electron chi connectivity index (χ2n) is 9.26. The van der Waals surface area contributed by atoms with Crippen LogP contribution in [0.25, 0.3) is 11.1 Å². The van der Waals surface area contributed by atoms with E-state index in [1.807, 2.05) is 77.8 Å². The molecular weight excluding hydrogens is 456 g/mol. The molecule has 0 bridgehead atoms. The maximum absolute atomic E-state index is 13.4. The summed E-state index contributed by atoms with van der Waals surface area (Å²) in [5.41, 5.74) is 5.39. The molecule has 5 heteroatoms. The predicted molar refractivity (Wildman–Crippen MR) is 142 cm³/mol. The minimum atomic E-state index is -0.0160. The first-order chi connectivity index (χ1) is 17.1. The molecule has 1 amide bonds. The topological polar surface area (TPSA) is 40.6 Å². The van der Waals surface area contributed by atoms with Crippen LogP contribution in [0.4, 0.5) is 5.69 Å². The molecule has 0 saturated carbocycles. The van der Waals surface area contributed by atoms with Crippen LogP contribution in [0.5, 0.6) is 0 Å². The van der Waals surface area contributed by atoms with Gasteiger partial charge < -0.3 is 9.80 Å². The van der Waals surface area contributed by atoms with E-state index in [0.717, 1.165) is 48.3 Å². The highest BCUT2D eigenvalue weighted by molar-refractivity contribution is 6.30. The van der Waals surface area contributed by atoms with Crippen molar-refractivity contribution in [3.8, 4) is 11.1 Å². The molecule has 0 unspecified atom stereocenters. The third-order valence-corrected chi connectivity index (χ3v) is 7.12. The zero-order valence-corrected chi connectivity index (χ0v) is 20.5. The Kier molecular flexibility index (Phi) is 7.01. The number of allylic oxidation sites excluding steroid dienone is 1. The number of nitrogens with zero attached hydrogens (tertiary/aromatic N) is 2. The summed E-state index contributed by atoms with van der Waals surface area (Å²) in [4.78, 5) is 30.2. The van der Waals surface area contributed by atoms with Gasteiger partial charge in [0.25, 0.3) is 5.91 Å². The van der Waals surface area contributed by atoms with E-state index in [-0.39, 0.29) is 11.7 Å². The van der Waals surface area contributed by atoms with E-state index in [1.54, 1.807) is 6.08 Å². The lowest BCUT2D eigenvalue weighted by Crippen LogP contribution is -2.35. The molecule has 0 spiro atoms. The first-order valence-corrected chi connectivity index (χ1v) is 12.7. The molecule has 178 valence electrons. The number of halogens is 1. The van der Waals surface area contributed by atoms with Crippen molar-refractivity contribution in [2.24, 2.45) is 0 Å². The molecule has 0 N–H and O–H groups in total. The van der Waals surface area contributed by atoms with Crippen molar-refractivity contribution in [3.05, 3.63) is 101 Å². The molecule has 35 heavy (non-hydrogen) atoms. The van der Waals surface area contributed by atoms with E-state index in [0.29, 0.717) is 22.7 Å². The number of fused-ring (bicyclic) bond motifs is 1. The summed E-state index contributed by atoms with van der Waals surface area (Å²) in [6.07, 6.45) is 9.00. The van der Waals surface area contributed by atoms with Gasteiger partial charge in [-0.1, -0.05) is 35.9 Å². The van der Waals surface area contributed by atoms with Crippen molar-refractivity contribution in [3.63, 3.8) is 0 Å². The Bertz CT molecular complexity index is 1240. The molecule has 0 atom stereocenters. The number of ketones is 1. The number of carbonyl (C=O) groups excluding carboxylic acids is 2. The SMILES string of the molecule is O=C(/C=C/N1CCCCC1)c1ccc2c(c1)CCCN2C(=O)c1ccc(-c2ccc(Cl)cc2)cc1. The Hall–Kier alpha value is -3.37. The van der Waals surface area contributed by atoms with Crippen molar-refractivity contribution < 1.29 is 9.59 Å². The van der Waals surface area contributed by atoms with Gasteiger partial charge in [-0.2, -0.15) is 0 Å². The van der Waals surface area contributed by atoms with E-state index in [1.165, 1.54) is 19.3 Å². The molecular formula is C30H29ClN2O2. The van der Waals surface area contributed by atoms with Crippen molar-refractivity contribution in [1.29, 1.82) is 0 Å². The summed E-state index contributed by atoms with van der Waals surface area (Å²) in [7, 11) is 0. The normalized spacial score (nSPS) is 15.8. The quantitative estimate of drug-likeness (QED) is 0.296. The van der Waals surface area contributed by atoms with Gasteiger partial charge in [0.1, 0.15) is 0 Å². The van der Waals surface area contributed by atoms with Crippen molar-refractivity contribution in [2.45, 2.75) is 32.1 Å². The summed E-state index contributed by atoms with van der Waals surface area (Å²) >= 11 is 5.99. The molecule has 2 heterocycles. The number of anilines is 1. The van der Waals surface area contributed by atoms with Crippen molar-refractivity contribution >= 4 is 29.0 Å². The number of likely N-dealkylation sites (tertiary alicyclic amines) is 1. The highest BCUT2D eigenvalue weighted by atomic mass is 35.5. The summed E-state index contributed by atoms with van der Waals surface area (Å²) in [6.45, 7) is 2.71. The third kappa shape index (κ3) is 5.33. The van der Waals surface area contributed by atoms with Crippen LogP contribution in [-0.4, -0.2) is 36.2 Å². The Balaban J connectivity index is 1.31. The van der Waals surface area contributed by atoms with E-state index in [9.17, 15) is 9.59 Å². The number of aryl methyl sites for hydroxylation is 1. The van der Waals surface area contributed by atoms with Crippen LogP contribution < -0.4 is 4.90 Å². The van der Waals surface area contributed by atoms with E-state index in [2.05, 4.69) is 4.90 Å². The number of amides is 1. The van der Waals surface area contributed by atoms with Gasteiger partial charge in [0, 0.05) is 53.7 Å². The highest BCUT2D eigenvalue weighted by Crippen LogP contribution is 2.30. The zero-order chi connectivity index (χ0) is 24.2. The van der Waals surface area contributed by atoms with Gasteiger partial charge >= 0.3 is 0 Å². The number of piperidine rings is 1. The van der Waals surface area contributed by atoms with Gasteiger partial charge in [-0.3, -0.25) is 9.59 Å². The molecule has 0 radical (unpaired) electrons. The second kappa shape index (κ2) is 10.5. The lowest BCUT2D eigenvalue weighted by Gasteiger charge is -2.30. The zero-order valence-electron chi connectivity index (χ0n) is 19.8. The van der Waals surface area contributed by atoms with Crippen LogP contribution in [0.3, 0.4) is 0 Å². The fraction of sp³-hybridized carbons (Fsp3) is 0.267. The number of hydrogen-bond donors (Lipinski definition) is 0. The molecule has 0 aromatic heterocycles. The highest BCUT2D eigenvalue weighted by Gasteiger charge is 2.24. The number of carbonyl (C=O) groups is 2. The van der Waals surface area contributed by atoms with Gasteiger partial charge in [0.2, 0.25) is 0 Å². The first kappa shape index (κ1) is 23.4. The summed E-state index contributed by atoms with van der Waals surface area (Å²) in [5, 5.41) is 0.701. The van der Waals surface area contributed by atoms with Crippen molar-refractivity contribution in [1.82, 2.24) is 4.90 Å². The molecule has 1 fully saturated rings. The molecule has 2 aliphatic heterocycles. The maximum Gasteiger partial charge on any atom is 0.258 e. The Morgan fingerprint density at radius 2 is 1.40 bits per heavy atom. The van der Waals surface area contributed by atoms with E-state index >= 15 is 0 Å². The van der Waals surface area contributed by atoms with Gasteiger partial charge in [-0.15, -0.1) is 0 Å². The minimum Gasteiger partial charge on any atom is -0.377 e. The lowest BCUT2D eigenvalue weighted by atomic mass is 9.96. The minimum absolute atomic E-state index is 0.0135. The molecule has 4 nitrogen and oxygen atoms in total. The fourth-order valence-electron chi connectivity index (χ4n) is 4.90. The van der Waals surface area contributed by atoms with Crippen LogP contribution in [0.2, 0.25) is 5.02 Å². The molecule has 1 saturated heterocycles. The van der Waals surface area contributed by atoms with Crippen LogP contribution in [0.1, 0.15) is 52.0 Å². The number of hydrogen-bond acceptors (Lipinski definition) is 3. The fourth-order valence-corrected chi connectivity index (χ4v) is 5.03. The van der Waals surface area contributed by atoms with E-state index < -0.39 is 0 Å². The molecule has 5 rings (SSSR count). The predicted octanol–water partition coefficient (Wildman–Crippen LogP) is 6.78. The molecule has 2 aliphatic rings.